The number of nitrogens with one attached hydrogen (secondary N) is 2. The highest BCUT2D eigenvalue weighted by molar-refractivity contribution is 5.90. The first kappa shape index (κ1) is 26.9. The van der Waals surface area contributed by atoms with Crippen LogP contribution in [0.2, 0.25) is 0 Å². The summed E-state index contributed by atoms with van der Waals surface area (Å²) >= 11 is 0. The normalized spacial score (nSPS) is 28.6. The number of likely N-dealkylation sites (tertiary alicyclic amines) is 2. The molecule has 1 aromatic carbocycles. The van der Waals surface area contributed by atoms with Gasteiger partial charge in [0.2, 0.25) is 17.7 Å². The first-order valence-corrected chi connectivity index (χ1v) is 14.4. The molecule has 4 aliphatic rings. The molecule has 3 atom stereocenters. The van der Waals surface area contributed by atoms with Gasteiger partial charge < -0.3 is 20.3 Å². The number of ether oxygens (including phenoxy) is 1. The van der Waals surface area contributed by atoms with E-state index in [4.69, 9.17) is 4.74 Å². The molecule has 2 N–H and O–H groups in total. The molecule has 5 rings (SSSR count). The smallest absolute Gasteiger partial charge is 0.243 e. The molecule has 206 valence electrons. The molecule has 3 amide bonds. The third kappa shape index (κ3) is 6.46. The maximum atomic E-state index is 13.7. The Kier molecular flexibility index (Phi) is 8.79. The predicted octanol–water partition coefficient (Wildman–Crippen LogP) is 2.29. The van der Waals surface area contributed by atoms with E-state index in [0.29, 0.717) is 45.4 Å². The number of benzene rings is 1. The van der Waals surface area contributed by atoms with Crippen LogP contribution in [0.1, 0.15) is 50.5 Å². The monoisotopic (exact) mass is 522 g/mol. The van der Waals surface area contributed by atoms with Crippen molar-refractivity contribution in [2.45, 2.75) is 63.5 Å². The summed E-state index contributed by atoms with van der Waals surface area (Å²) in [6.07, 6.45) is 10.6. The Morgan fingerprint density at radius 1 is 1.00 bits per heavy atom. The van der Waals surface area contributed by atoms with Crippen molar-refractivity contribution in [2.75, 3.05) is 45.9 Å². The van der Waals surface area contributed by atoms with Gasteiger partial charge in [-0.3, -0.25) is 19.3 Å². The number of fused-ring (bicyclic) bond motifs is 1. The number of hydrogen-bond acceptors (Lipinski definition) is 5. The number of amides is 3. The van der Waals surface area contributed by atoms with Crippen molar-refractivity contribution in [3.05, 3.63) is 48.0 Å². The highest BCUT2D eigenvalue weighted by Crippen LogP contribution is 2.36. The number of allylic oxidation sites excluding steroid dienone is 2. The van der Waals surface area contributed by atoms with Crippen LogP contribution in [0.15, 0.2) is 42.5 Å². The summed E-state index contributed by atoms with van der Waals surface area (Å²) in [5, 5.41) is 6.47. The van der Waals surface area contributed by atoms with Crippen molar-refractivity contribution in [1.29, 1.82) is 0 Å². The summed E-state index contributed by atoms with van der Waals surface area (Å²) in [7, 11) is 0. The fourth-order valence-corrected chi connectivity index (χ4v) is 6.46. The van der Waals surface area contributed by atoms with Gasteiger partial charge in [-0.15, -0.1) is 0 Å². The van der Waals surface area contributed by atoms with Crippen LogP contribution in [-0.2, 0) is 25.5 Å². The average molecular weight is 523 g/mol. The molecule has 3 fully saturated rings. The highest BCUT2D eigenvalue weighted by atomic mass is 16.5. The fourth-order valence-electron chi connectivity index (χ4n) is 6.46. The SMILES string of the molecule is O=C1N[C@@H]2CCN(CC(=O)N3CCCC3)C[C@@H]2CC=CCC2(CCOCC2)C(=O)N[C@H]1Cc1ccccc1. The predicted molar refractivity (Wildman–Crippen MR) is 145 cm³/mol. The van der Waals surface area contributed by atoms with E-state index >= 15 is 0 Å². The van der Waals surface area contributed by atoms with E-state index in [9.17, 15) is 14.4 Å². The standard InChI is InChI=1S/C30H42N4O4/c35-27(34-15-6-7-16-34)22-33-17-11-25-24(21-33)10-4-5-12-30(13-18-38-19-14-30)29(37)32-26(28(36)31-25)20-23-8-2-1-3-9-23/h1-5,8-9,24-26H,6-7,10-22H2,(H,31,36)(H,32,37)/t24-,25+,26-/m0/s1. The van der Waals surface area contributed by atoms with Gasteiger partial charge in [0.05, 0.1) is 12.0 Å². The summed E-state index contributed by atoms with van der Waals surface area (Å²) in [6, 6.07) is 9.26. The zero-order valence-corrected chi connectivity index (χ0v) is 22.4. The molecule has 4 heterocycles. The maximum absolute atomic E-state index is 13.7. The third-order valence-corrected chi connectivity index (χ3v) is 8.91. The summed E-state index contributed by atoms with van der Waals surface area (Å²) in [4.78, 5) is 44.4. The summed E-state index contributed by atoms with van der Waals surface area (Å²) in [5.74, 6) is 0.272. The molecule has 1 aromatic rings. The molecule has 1 spiro atoms. The molecule has 0 saturated carbocycles. The van der Waals surface area contributed by atoms with Gasteiger partial charge in [0, 0.05) is 51.9 Å². The van der Waals surface area contributed by atoms with Crippen LogP contribution in [0.25, 0.3) is 0 Å². The quantitative estimate of drug-likeness (QED) is 0.593. The van der Waals surface area contributed by atoms with E-state index in [-0.39, 0.29) is 29.7 Å². The van der Waals surface area contributed by atoms with Crippen molar-refractivity contribution in [3.8, 4) is 0 Å². The van der Waals surface area contributed by atoms with Gasteiger partial charge in [-0.05, 0) is 56.4 Å². The first-order chi connectivity index (χ1) is 18.5. The molecule has 0 bridgehead atoms. The van der Waals surface area contributed by atoms with Crippen molar-refractivity contribution in [1.82, 2.24) is 20.4 Å². The second kappa shape index (κ2) is 12.4. The van der Waals surface area contributed by atoms with Crippen LogP contribution in [-0.4, -0.2) is 85.5 Å². The summed E-state index contributed by atoms with van der Waals surface area (Å²) in [6.45, 7) is 4.88. The largest absolute Gasteiger partial charge is 0.381 e. The minimum atomic E-state index is -0.636. The zero-order valence-electron chi connectivity index (χ0n) is 22.4. The van der Waals surface area contributed by atoms with Crippen molar-refractivity contribution >= 4 is 17.7 Å². The lowest BCUT2D eigenvalue weighted by molar-refractivity contribution is -0.140. The minimum Gasteiger partial charge on any atom is -0.381 e. The molecular weight excluding hydrogens is 480 g/mol. The van der Waals surface area contributed by atoms with Crippen LogP contribution in [0.4, 0.5) is 0 Å². The van der Waals surface area contributed by atoms with Gasteiger partial charge in [-0.25, -0.2) is 0 Å². The van der Waals surface area contributed by atoms with E-state index in [1.165, 1.54) is 0 Å². The van der Waals surface area contributed by atoms with Gasteiger partial charge in [0.15, 0.2) is 0 Å². The Hall–Kier alpha value is -2.71. The Labute approximate surface area is 226 Å². The lowest BCUT2D eigenvalue weighted by Gasteiger charge is -2.40. The molecular formula is C30H42N4O4. The number of carbonyl (C=O) groups excluding carboxylic acids is 3. The van der Waals surface area contributed by atoms with Crippen molar-refractivity contribution in [3.63, 3.8) is 0 Å². The molecule has 0 aromatic heterocycles. The average Bonchev–Trinajstić information content (AvgIpc) is 3.48. The Bertz CT molecular complexity index is 1000. The summed E-state index contributed by atoms with van der Waals surface area (Å²) < 4.78 is 5.59. The molecule has 3 saturated heterocycles. The number of nitrogens with zero attached hydrogens (tertiary/aromatic N) is 2. The van der Waals surface area contributed by atoms with Crippen LogP contribution in [0.3, 0.4) is 0 Å². The van der Waals surface area contributed by atoms with Gasteiger partial charge in [-0.1, -0.05) is 42.5 Å². The molecule has 0 radical (unpaired) electrons. The van der Waals surface area contributed by atoms with Gasteiger partial charge >= 0.3 is 0 Å². The van der Waals surface area contributed by atoms with Gasteiger partial charge in [0.1, 0.15) is 6.04 Å². The van der Waals surface area contributed by atoms with E-state index in [1.54, 1.807) is 0 Å². The van der Waals surface area contributed by atoms with Crippen LogP contribution >= 0.6 is 0 Å². The zero-order chi connectivity index (χ0) is 26.4. The van der Waals surface area contributed by atoms with Crippen LogP contribution in [0.5, 0.6) is 0 Å². The van der Waals surface area contributed by atoms with Crippen molar-refractivity contribution < 1.29 is 19.1 Å². The van der Waals surface area contributed by atoms with E-state index in [0.717, 1.165) is 57.4 Å². The number of carbonyl (C=O) groups is 3. The maximum Gasteiger partial charge on any atom is 0.243 e. The Balaban J connectivity index is 1.34. The highest BCUT2D eigenvalue weighted by Gasteiger charge is 2.41. The lowest BCUT2D eigenvalue weighted by Crippen LogP contribution is -2.58. The van der Waals surface area contributed by atoms with E-state index < -0.39 is 11.5 Å². The van der Waals surface area contributed by atoms with E-state index in [1.807, 2.05) is 35.2 Å². The molecule has 0 unspecified atom stereocenters. The third-order valence-electron chi connectivity index (χ3n) is 8.91. The van der Waals surface area contributed by atoms with Crippen molar-refractivity contribution in [2.24, 2.45) is 11.3 Å². The molecule has 0 aliphatic carbocycles. The first-order valence-electron chi connectivity index (χ1n) is 14.4. The number of rotatable bonds is 4. The number of hydrogen-bond donors (Lipinski definition) is 2. The Morgan fingerprint density at radius 2 is 1.76 bits per heavy atom. The fraction of sp³-hybridized carbons (Fsp3) is 0.633. The van der Waals surface area contributed by atoms with Crippen LogP contribution < -0.4 is 10.6 Å². The number of piperidine rings is 1. The van der Waals surface area contributed by atoms with E-state index in [2.05, 4.69) is 27.7 Å². The molecule has 8 nitrogen and oxygen atoms in total. The minimum absolute atomic E-state index is 0.0110. The second-order valence-corrected chi connectivity index (χ2v) is 11.5. The van der Waals surface area contributed by atoms with Crippen LogP contribution in [0, 0.1) is 11.3 Å². The second-order valence-electron chi connectivity index (χ2n) is 11.5. The Morgan fingerprint density at radius 3 is 2.53 bits per heavy atom. The lowest BCUT2D eigenvalue weighted by atomic mass is 9.75. The summed E-state index contributed by atoms with van der Waals surface area (Å²) in [5.41, 5.74) is 0.469. The van der Waals surface area contributed by atoms with Gasteiger partial charge in [0.25, 0.3) is 0 Å². The van der Waals surface area contributed by atoms with Gasteiger partial charge in [-0.2, -0.15) is 0 Å². The molecule has 4 aliphatic heterocycles. The molecule has 8 heteroatoms. The molecule has 38 heavy (non-hydrogen) atoms. The topological polar surface area (TPSA) is 91.0 Å².